The van der Waals surface area contributed by atoms with E-state index in [1.807, 2.05) is 77.7 Å². The first kappa shape index (κ1) is 41.2. The van der Waals surface area contributed by atoms with Crippen molar-refractivity contribution in [3.8, 4) is 16.9 Å². The third-order valence-corrected chi connectivity index (χ3v) is 11.8. The van der Waals surface area contributed by atoms with Gasteiger partial charge in [-0.15, -0.1) is 0 Å². The third kappa shape index (κ3) is 11.8. The third-order valence-electron chi connectivity index (χ3n) is 11.0. The molecule has 0 radical (unpaired) electrons. The Hall–Kier alpha value is -4.48. The zero-order chi connectivity index (χ0) is 39.5. The second-order valence-corrected chi connectivity index (χ2v) is 15.9. The van der Waals surface area contributed by atoms with Crippen LogP contribution in [-0.2, 0) is 29.0 Å². The van der Waals surface area contributed by atoms with Crippen LogP contribution in [0, 0.1) is 11.8 Å². The molecule has 0 bridgehead atoms. The summed E-state index contributed by atoms with van der Waals surface area (Å²) in [6.45, 7) is 4.54. The van der Waals surface area contributed by atoms with Crippen LogP contribution in [0.25, 0.3) is 11.1 Å². The van der Waals surface area contributed by atoms with Crippen LogP contribution < -0.4 is 10.1 Å². The summed E-state index contributed by atoms with van der Waals surface area (Å²) in [6.07, 6.45) is 4.07. The van der Waals surface area contributed by atoms with Gasteiger partial charge in [-0.1, -0.05) is 95.9 Å². The van der Waals surface area contributed by atoms with E-state index in [9.17, 15) is 27.6 Å². The van der Waals surface area contributed by atoms with Crippen molar-refractivity contribution in [3.05, 3.63) is 124 Å². The van der Waals surface area contributed by atoms with E-state index in [0.717, 1.165) is 77.2 Å². The van der Waals surface area contributed by atoms with Crippen LogP contribution in [-0.4, -0.2) is 66.5 Å². The van der Waals surface area contributed by atoms with Gasteiger partial charge in [-0.25, -0.2) is 4.79 Å². The second kappa shape index (κ2) is 19.6. The molecule has 4 aromatic rings. The van der Waals surface area contributed by atoms with E-state index < -0.39 is 12.1 Å². The van der Waals surface area contributed by atoms with Gasteiger partial charge in [0.2, 0.25) is 5.91 Å². The molecule has 0 spiro atoms. The molecular weight excluding hydrogens is 783 g/mol. The number of carbonyl (C=O) groups excluding carboxylic acids is 3. The number of hydrogen-bond acceptors (Lipinski definition) is 5. The van der Waals surface area contributed by atoms with Crippen molar-refractivity contribution in [2.45, 2.75) is 70.5 Å². The van der Waals surface area contributed by atoms with Crippen molar-refractivity contribution >= 4 is 33.7 Å². The number of nitrogens with one attached hydrogen (secondary N) is 1. The maximum absolute atomic E-state index is 13.8. The number of nitrogens with zero attached hydrogens (tertiary/aromatic N) is 2. The molecule has 2 aliphatic heterocycles. The van der Waals surface area contributed by atoms with Gasteiger partial charge in [-0.2, -0.15) is 13.2 Å². The Kier molecular flexibility index (Phi) is 14.4. The van der Waals surface area contributed by atoms with E-state index in [1.165, 1.54) is 44.2 Å². The summed E-state index contributed by atoms with van der Waals surface area (Å²) in [7, 11) is 0. The highest BCUT2D eigenvalue weighted by Crippen LogP contribution is 2.29. The lowest BCUT2D eigenvalue weighted by Gasteiger charge is -2.32. The van der Waals surface area contributed by atoms with Gasteiger partial charge in [0, 0.05) is 36.2 Å². The maximum atomic E-state index is 13.8. The highest BCUT2D eigenvalue weighted by molar-refractivity contribution is 9.10. The maximum Gasteiger partial charge on any atom is 0.491 e. The topological polar surface area (TPSA) is 79.0 Å². The summed E-state index contributed by atoms with van der Waals surface area (Å²) < 4.78 is 43.2. The van der Waals surface area contributed by atoms with Gasteiger partial charge in [0.25, 0.3) is 5.91 Å². The number of esters is 1. The summed E-state index contributed by atoms with van der Waals surface area (Å²) in [4.78, 5) is 42.5. The van der Waals surface area contributed by atoms with Crippen molar-refractivity contribution in [3.63, 3.8) is 0 Å². The largest absolute Gasteiger partial charge is 0.491 e. The fourth-order valence-electron chi connectivity index (χ4n) is 7.74. The summed E-state index contributed by atoms with van der Waals surface area (Å²) >= 11 is 3.55. The number of amides is 2. The second-order valence-electron chi connectivity index (χ2n) is 15.0. The molecule has 2 fully saturated rings. The molecule has 7 nitrogen and oxygen atoms in total. The van der Waals surface area contributed by atoms with Gasteiger partial charge in [-0.05, 0) is 121 Å². The van der Waals surface area contributed by atoms with Crippen LogP contribution in [0.4, 0.5) is 13.2 Å². The lowest BCUT2D eigenvalue weighted by atomic mass is 9.87. The molecule has 296 valence electrons. The van der Waals surface area contributed by atoms with E-state index in [-0.39, 0.29) is 24.0 Å². The molecule has 0 aliphatic carbocycles. The molecular formula is C45H49BrF3N3O4. The quantitative estimate of drug-likeness (QED) is 0.101. The molecule has 4 aromatic carbocycles. The van der Waals surface area contributed by atoms with E-state index in [1.54, 1.807) is 17.0 Å². The smallest absolute Gasteiger partial charge is 0.420 e. The first-order chi connectivity index (χ1) is 27.0. The van der Waals surface area contributed by atoms with Gasteiger partial charge in [0.1, 0.15) is 5.75 Å². The number of halogens is 4. The number of carbonyl (C=O) groups is 3. The Morgan fingerprint density at radius 3 is 2.14 bits per heavy atom. The monoisotopic (exact) mass is 831 g/mol. The molecule has 0 unspecified atom stereocenters. The molecule has 2 saturated heterocycles. The van der Waals surface area contributed by atoms with Gasteiger partial charge < -0.3 is 19.9 Å². The predicted molar refractivity (Wildman–Crippen MR) is 215 cm³/mol. The molecule has 1 N–H and O–H groups in total. The molecule has 0 atom stereocenters. The summed E-state index contributed by atoms with van der Waals surface area (Å²) in [5, 5.41) is 3.45. The number of alkyl halides is 3. The normalized spacial score (nSPS) is 15.4. The molecule has 2 heterocycles. The number of likely N-dealkylation sites (tertiary alicyclic amines) is 1. The highest BCUT2D eigenvalue weighted by atomic mass is 79.9. The predicted octanol–water partition coefficient (Wildman–Crippen LogP) is 9.42. The van der Waals surface area contributed by atoms with Crippen LogP contribution in [0.5, 0.6) is 5.75 Å². The molecule has 2 amide bonds. The highest BCUT2D eigenvalue weighted by Gasteiger charge is 2.41. The minimum absolute atomic E-state index is 0.0616. The lowest BCUT2D eigenvalue weighted by Crippen LogP contribution is -2.38. The van der Waals surface area contributed by atoms with E-state index >= 15 is 0 Å². The SMILES string of the molecule is O=C(Cc1ccccc1Br)N(CCc1ccc(OC(=O)C(F)(F)F)cc1)Cc1cccc(-c2cccc(C(=O)N3CCC(CCCC4CCNCC4)CC3)c2)c1. The summed E-state index contributed by atoms with van der Waals surface area (Å²) in [6, 6.07) is 29.1. The average Bonchev–Trinajstić information content (AvgIpc) is 3.21. The van der Waals surface area contributed by atoms with Gasteiger partial charge in [-0.3, -0.25) is 9.59 Å². The molecule has 11 heteroatoms. The Morgan fingerprint density at radius 1 is 0.786 bits per heavy atom. The van der Waals surface area contributed by atoms with Crippen molar-refractivity contribution in [2.24, 2.45) is 11.8 Å². The molecule has 56 heavy (non-hydrogen) atoms. The number of piperidine rings is 2. The van der Waals surface area contributed by atoms with Crippen molar-refractivity contribution in [1.82, 2.24) is 15.1 Å². The van der Waals surface area contributed by atoms with E-state index in [2.05, 4.69) is 26.0 Å². The van der Waals surface area contributed by atoms with E-state index in [0.29, 0.717) is 31.0 Å². The number of rotatable bonds is 14. The van der Waals surface area contributed by atoms with Gasteiger partial charge in [0.15, 0.2) is 0 Å². The average molecular weight is 833 g/mol. The van der Waals surface area contributed by atoms with Crippen LogP contribution in [0.3, 0.4) is 0 Å². The van der Waals surface area contributed by atoms with Gasteiger partial charge in [0.05, 0.1) is 6.42 Å². The Morgan fingerprint density at radius 2 is 1.45 bits per heavy atom. The molecule has 0 aromatic heterocycles. The zero-order valence-corrected chi connectivity index (χ0v) is 33.1. The molecule has 6 rings (SSSR count). The van der Waals surface area contributed by atoms with Crippen molar-refractivity contribution in [2.75, 3.05) is 32.7 Å². The minimum atomic E-state index is -5.09. The minimum Gasteiger partial charge on any atom is -0.420 e. The Labute approximate surface area is 335 Å². The van der Waals surface area contributed by atoms with E-state index in [4.69, 9.17) is 0 Å². The van der Waals surface area contributed by atoms with Crippen LogP contribution in [0.15, 0.2) is 102 Å². The lowest BCUT2D eigenvalue weighted by molar-refractivity contribution is -0.189. The fraction of sp³-hybridized carbons (Fsp3) is 0.400. The first-order valence-corrected chi connectivity index (χ1v) is 20.4. The Balaban J connectivity index is 1.09. The van der Waals surface area contributed by atoms with Crippen molar-refractivity contribution < 1.29 is 32.3 Å². The van der Waals surface area contributed by atoms with Crippen LogP contribution in [0.2, 0.25) is 0 Å². The van der Waals surface area contributed by atoms with Crippen LogP contribution in [0.1, 0.15) is 72.0 Å². The molecule has 2 aliphatic rings. The molecule has 0 saturated carbocycles. The standard InChI is InChI=1S/C45H49BrF3N3O4/c46-41-13-2-1-9-38(41)30-42(53)52(27-22-34-14-16-40(17-15-34)56-44(55)45(47,48)49)31-35-8-4-10-36(28-35)37-11-5-12-39(29-37)43(54)51-25-20-33(21-26-51)7-3-6-32-18-23-50-24-19-32/h1-2,4-5,8-17,28-29,32-33,50H,3,6-7,18-27,30-31H2. The number of ether oxygens (including phenoxy) is 1. The van der Waals surface area contributed by atoms with Crippen LogP contribution >= 0.6 is 15.9 Å². The van der Waals surface area contributed by atoms with Crippen molar-refractivity contribution in [1.29, 1.82) is 0 Å². The zero-order valence-electron chi connectivity index (χ0n) is 31.5. The fourth-order valence-corrected chi connectivity index (χ4v) is 8.16. The van der Waals surface area contributed by atoms with Gasteiger partial charge >= 0.3 is 12.1 Å². The number of benzene rings is 4. The first-order valence-electron chi connectivity index (χ1n) is 19.6. The summed E-state index contributed by atoms with van der Waals surface area (Å²) in [5.41, 5.74) is 5.06. The summed E-state index contributed by atoms with van der Waals surface area (Å²) in [5.74, 6) is -0.962. The number of hydrogen-bond donors (Lipinski definition) is 1. The Bertz CT molecular complexity index is 1940.